The van der Waals surface area contributed by atoms with E-state index in [2.05, 4.69) is 19.9 Å². The summed E-state index contributed by atoms with van der Waals surface area (Å²) in [6.45, 7) is 4.31. The van der Waals surface area contributed by atoms with Crippen molar-refractivity contribution in [2.24, 2.45) is 10.4 Å². The first-order valence-electron chi connectivity index (χ1n) is 8.12. The van der Waals surface area contributed by atoms with Gasteiger partial charge >= 0.3 is 6.18 Å². The van der Waals surface area contributed by atoms with Crippen LogP contribution < -0.4 is 5.32 Å². The van der Waals surface area contributed by atoms with Crippen molar-refractivity contribution in [1.82, 2.24) is 10.2 Å². The average Bonchev–Trinajstić information content (AvgIpc) is 2.85. The van der Waals surface area contributed by atoms with Gasteiger partial charge in [-0.25, -0.2) is 0 Å². The number of hydrogen-bond acceptors (Lipinski definition) is 2. The van der Waals surface area contributed by atoms with Crippen LogP contribution in [0.15, 0.2) is 4.99 Å². The Labute approximate surface area is 130 Å². The van der Waals surface area contributed by atoms with Crippen molar-refractivity contribution in [1.29, 1.82) is 0 Å². The number of aliphatic imine (C=N–C) groups is 1. The Morgan fingerprint density at radius 1 is 1.32 bits per heavy atom. The summed E-state index contributed by atoms with van der Waals surface area (Å²) in [6.07, 6.45) is 1.45. The molecule has 22 heavy (non-hydrogen) atoms. The fourth-order valence-corrected chi connectivity index (χ4v) is 3.17. The lowest BCUT2D eigenvalue weighted by Crippen LogP contribution is -2.42. The molecule has 2 fully saturated rings. The Balaban J connectivity index is 1.71. The van der Waals surface area contributed by atoms with E-state index in [0.29, 0.717) is 18.4 Å². The fraction of sp³-hybridized carbons (Fsp3) is 0.933. The van der Waals surface area contributed by atoms with Gasteiger partial charge in [0.2, 0.25) is 0 Å². The van der Waals surface area contributed by atoms with E-state index < -0.39 is 12.8 Å². The standard InChI is InChI=1S/C15H26F3N3O/c1-2-19-13(20-8-4-10-22-12-15(16,17)18)21-9-7-14(11-21)5-3-6-14/h2-12H2,1H3,(H,19,20). The molecule has 1 saturated heterocycles. The van der Waals surface area contributed by atoms with Crippen LogP contribution in [-0.4, -0.2) is 56.4 Å². The first-order valence-corrected chi connectivity index (χ1v) is 8.12. The summed E-state index contributed by atoms with van der Waals surface area (Å²) in [6, 6.07) is 0. The molecule has 1 aliphatic carbocycles. The smallest absolute Gasteiger partial charge is 0.372 e. The third-order valence-electron chi connectivity index (χ3n) is 4.46. The van der Waals surface area contributed by atoms with Crippen molar-refractivity contribution in [2.45, 2.75) is 45.2 Å². The van der Waals surface area contributed by atoms with Gasteiger partial charge in [-0.15, -0.1) is 0 Å². The first kappa shape index (κ1) is 17.4. The molecule has 4 nitrogen and oxygen atoms in total. The molecule has 0 aromatic carbocycles. The molecule has 1 aliphatic heterocycles. The number of rotatable bonds is 6. The van der Waals surface area contributed by atoms with Crippen LogP contribution in [0.1, 0.15) is 39.0 Å². The van der Waals surface area contributed by atoms with Crippen LogP contribution in [0.25, 0.3) is 0 Å². The van der Waals surface area contributed by atoms with Crippen molar-refractivity contribution < 1.29 is 17.9 Å². The maximum atomic E-state index is 11.9. The van der Waals surface area contributed by atoms with E-state index in [1.54, 1.807) is 0 Å². The molecule has 0 atom stereocenters. The second kappa shape index (κ2) is 7.53. The van der Waals surface area contributed by atoms with Crippen LogP contribution in [0.3, 0.4) is 0 Å². The van der Waals surface area contributed by atoms with Crippen LogP contribution in [0.4, 0.5) is 13.2 Å². The SMILES string of the molecule is CCNC(=NCCCOCC(F)(F)F)N1CCC2(CCC2)C1. The number of guanidine groups is 1. The zero-order chi connectivity index (χ0) is 16.1. The molecule has 2 aliphatic rings. The maximum Gasteiger partial charge on any atom is 0.411 e. The third-order valence-corrected chi connectivity index (χ3v) is 4.46. The summed E-state index contributed by atoms with van der Waals surface area (Å²) >= 11 is 0. The molecule has 1 saturated carbocycles. The summed E-state index contributed by atoms with van der Waals surface area (Å²) in [5.74, 6) is 0.891. The van der Waals surface area contributed by atoms with Gasteiger partial charge in [0.05, 0.1) is 0 Å². The number of nitrogens with zero attached hydrogens (tertiary/aromatic N) is 2. The molecule has 128 valence electrons. The van der Waals surface area contributed by atoms with Gasteiger partial charge in [-0.3, -0.25) is 4.99 Å². The zero-order valence-electron chi connectivity index (χ0n) is 13.2. The van der Waals surface area contributed by atoms with E-state index in [9.17, 15) is 13.2 Å². The van der Waals surface area contributed by atoms with Crippen LogP contribution in [0.5, 0.6) is 0 Å². The quantitative estimate of drug-likeness (QED) is 0.464. The molecule has 0 radical (unpaired) electrons. The minimum atomic E-state index is -4.25. The van der Waals surface area contributed by atoms with E-state index in [1.165, 1.54) is 25.7 Å². The van der Waals surface area contributed by atoms with E-state index in [-0.39, 0.29) is 6.61 Å². The molecule has 1 N–H and O–H groups in total. The van der Waals surface area contributed by atoms with Crippen molar-refractivity contribution in [3.05, 3.63) is 0 Å². The van der Waals surface area contributed by atoms with Gasteiger partial charge in [0.1, 0.15) is 6.61 Å². The highest BCUT2D eigenvalue weighted by molar-refractivity contribution is 5.80. The van der Waals surface area contributed by atoms with Crippen molar-refractivity contribution in [2.75, 3.05) is 39.4 Å². The van der Waals surface area contributed by atoms with E-state index in [4.69, 9.17) is 0 Å². The lowest BCUT2D eigenvalue weighted by Gasteiger charge is -2.38. The third kappa shape index (κ3) is 5.04. The molecule has 0 unspecified atom stereocenters. The second-order valence-electron chi connectivity index (χ2n) is 6.28. The van der Waals surface area contributed by atoms with Gasteiger partial charge in [-0.05, 0) is 38.0 Å². The summed E-state index contributed by atoms with van der Waals surface area (Å²) in [5, 5.41) is 3.28. The van der Waals surface area contributed by atoms with Crippen LogP contribution >= 0.6 is 0 Å². The van der Waals surface area contributed by atoms with Crippen molar-refractivity contribution in [3.8, 4) is 0 Å². The number of ether oxygens (including phenoxy) is 1. The summed E-state index contributed by atoms with van der Waals surface area (Å²) in [7, 11) is 0. The Hall–Kier alpha value is -0.980. The number of alkyl halides is 3. The molecule has 0 bridgehead atoms. The van der Waals surface area contributed by atoms with Crippen molar-refractivity contribution >= 4 is 5.96 Å². The lowest BCUT2D eigenvalue weighted by molar-refractivity contribution is -0.173. The Morgan fingerprint density at radius 3 is 2.64 bits per heavy atom. The lowest BCUT2D eigenvalue weighted by atomic mass is 9.68. The van der Waals surface area contributed by atoms with E-state index >= 15 is 0 Å². The molecule has 7 heteroatoms. The molecule has 1 heterocycles. The highest BCUT2D eigenvalue weighted by Gasteiger charge is 2.43. The Kier molecular flexibility index (Phi) is 5.94. The van der Waals surface area contributed by atoms with Gasteiger partial charge in [0, 0.05) is 32.8 Å². The molecule has 0 aromatic rings. The molecular weight excluding hydrogens is 295 g/mol. The predicted molar refractivity (Wildman–Crippen MR) is 79.9 cm³/mol. The zero-order valence-corrected chi connectivity index (χ0v) is 13.2. The minimum absolute atomic E-state index is 0.0896. The number of likely N-dealkylation sites (tertiary alicyclic amines) is 1. The summed E-state index contributed by atoms with van der Waals surface area (Å²) in [5.41, 5.74) is 0.506. The largest absolute Gasteiger partial charge is 0.411 e. The van der Waals surface area contributed by atoms with E-state index in [0.717, 1.165) is 25.6 Å². The summed E-state index contributed by atoms with van der Waals surface area (Å²) in [4.78, 5) is 6.81. The molecule has 0 amide bonds. The van der Waals surface area contributed by atoms with Crippen LogP contribution in [0.2, 0.25) is 0 Å². The van der Waals surface area contributed by atoms with Gasteiger partial charge in [0.15, 0.2) is 5.96 Å². The Bertz CT molecular complexity index is 381. The number of hydrogen-bond donors (Lipinski definition) is 1. The molecule has 1 spiro atoms. The fourth-order valence-electron chi connectivity index (χ4n) is 3.17. The normalized spacial score (nSPS) is 21.3. The van der Waals surface area contributed by atoms with E-state index in [1.807, 2.05) is 6.92 Å². The van der Waals surface area contributed by atoms with Gasteiger partial charge < -0.3 is 15.0 Å². The highest BCUT2D eigenvalue weighted by atomic mass is 19.4. The minimum Gasteiger partial charge on any atom is -0.372 e. The highest BCUT2D eigenvalue weighted by Crippen LogP contribution is 2.47. The monoisotopic (exact) mass is 321 g/mol. The summed E-state index contributed by atoms with van der Waals surface area (Å²) < 4.78 is 40.4. The Morgan fingerprint density at radius 2 is 2.09 bits per heavy atom. The van der Waals surface area contributed by atoms with Crippen LogP contribution in [-0.2, 0) is 4.74 Å². The molecule has 0 aromatic heterocycles. The first-order chi connectivity index (χ1) is 10.4. The number of nitrogens with one attached hydrogen (secondary N) is 1. The topological polar surface area (TPSA) is 36.9 Å². The maximum absolute atomic E-state index is 11.9. The average molecular weight is 321 g/mol. The van der Waals surface area contributed by atoms with Gasteiger partial charge in [-0.1, -0.05) is 6.42 Å². The van der Waals surface area contributed by atoms with Gasteiger partial charge in [-0.2, -0.15) is 13.2 Å². The van der Waals surface area contributed by atoms with Gasteiger partial charge in [0.25, 0.3) is 0 Å². The van der Waals surface area contributed by atoms with Crippen LogP contribution in [0, 0.1) is 5.41 Å². The number of halogens is 3. The molecule has 2 rings (SSSR count). The molecular formula is C15H26F3N3O. The van der Waals surface area contributed by atoms with Crippen molar-refractivity contribution in [3.63, 3.8) is 0 Å². The second-order valence-corrected chi connectivity index (χ2v) is 6.28. The predicted octanol–water partition coefficient (Wildman–Crippen LogP) is 2.80.